The summed E-state index contributed by atoms with van der Waals surface area (Å²) in [4.78, 5) is 16.2. The molecule has 3 rings (SSSR count). The predicted octanol–water partition coefficient (Wildman–Crippen LogP) is 2.48. The van der Waals surface area contributed by atoms with Crippen molar-refractivity contribution < 1.29 is 13.9 Å². The van der Waals surface area contributed by atoms with Crippen molar-refractivity contribution in [2.24, 2.45) is 7.05 Å². The molecule has 0 fully saturated rings. The van der Waals surface area contributed by atoms with E-state index in [9.17, 15) is 4.79 Å². The van der Waals surface area contributed by atoms with Gasteiger partial charge in [0.05, 0.1) is 11.8 Å². The molecule has 0 aliphatic heterocycles. The standard InChI is InChI=1S/C14H13N3O3/c1-9(19-14(18)10-7-15-17(2)8-10)13-16-11-5-3-4-6-12(11)20-13/h3-9H,1-2H3/t9-/m1/s1. The molecule has 0 saturated carbocycles. The number of fused-ring (bicyclic) bond motifs is 1. The summed E-state index contributed by atoms with van der Waals surface area (Å²) in [6, 6.07) is 7.41. The van der Waals surface area contributed by atoms with Crippen molar-refractivity contribution in [1.82, 2.24) is 14.8 Å². The number of para-hydroxylation sites is 2. The van der Waals surface area contributed by atoms with Crippen LogP contribution in [0.1, 0.15) is 29.3 Å². The van der Waals surface area contributed by atoms with Gasteiger partial charge in [-0.3, -0.25) is 4.68 Å². The first-order valence-corrected chi connectivity index (χ1v) is 6.18. The van der Waals surface area contributed by atoms with Gasteiger partial charge in [0.1, 0.15) is 5.52 Å². The van der Waals surface area contributed by atoms with E-state index in [0.717, 1.165) is 5.52 Å². The molecule has 0 aliphatic rings. The van der Waals surface area contributed by atoms with Gasteiger partial charge in [0, 0.05) is 13.2 Å². The molecule has 0 saturated heterocycles. The zero-order valence-corrected chi connectivity index (χ0v) is 11.1. The molecule has 0 radical (unpaired) electrons. The third kappa shape index (κ3) is 2.27. The Balaban J connectivity index is 1.78. The van der Waals surface area contributed by atoms with Crippen LogP contribution in [0.25, 0.3) is 11.1 Å². The monoisotopic (exact) mass is 271 g/mol. The molecule has 0 amide bonds. The van der Waals surface area contributed by atoms with Crippen molar-refractivity contribution >= 4 is 17.1 Å². The Morgan fingerprint density at radius 1 is 1.40 bits per heavy atom. The number of hydrogen-bond donors (Lipinski definition) is 0. The quantitative estimate of drug-likeness (QED) is 0.684. The van der Waals surface area contributed by atoms with Crippen LogP contribution in [0.5, 0.6) is 0 Å². The Bertz CT molecular complexity index is 727. The summed E-state index contributed by atoms with van der Waals surface area (Å²) in [7, 11) is 1.74. The zero-order chi connectivity index (χ0) is 14.1. The number of aromatic nitrogens is 3. The minimum Gasteiger partial charge on any atom is -0.449 e. The number of ether oxygens (including phenoxy) is 1. The van der Waals surface area contributed by atoms with Crippen LogP contribution in [0.4, 0.5) is 0 Å². The Morgan fingerprint density at radius 2 is 2.20 bits per heavy atom. The molecule has 2 aromatic heterocycles. The van der Waals surface area contributed by atoms with E-state index < -0.39 is 12.1 Å². The largest absolute Gasteiger partial charge is 0.449 e. The number of oxazole rings is 1. The molecule has 3 aromatic rings. The Kier molecular flexibility index (Phi) is 2.98. The summed E-state index contributed by atoms with van der Waals surface area (Å²) in [5.74, 6) is -0.0729. The van der Waals surface area contributed by atoms with Crippen molar-refractivity contribution in [3.63, 3.8) is 0 Å². The SMILES string of the molecule is C[C@@H](OC(=O)c1cnn(C)c1)c1nc2ccccc2o1. The first-order chi connectivity index (χ1) is 9.63. The van der Waals surface area contributed by atoms with E-state index in [2.05, 4.69) is 10.1 Å². The fraction of sp³-hybridized carbons (Fsp3) is 0.214. The van der Waals surface area contributed by atoms with E-state index in [1.54, 1.807) is 24.9 Å². The van der Waals surface area contributed by atoms with Gasteiger partial charge < -0.3 is 9.15 Å². The lowest BCUT2D eigenvalue weighted by molar-refractivity contribution is 0.0282. The Morgan fingerprint density at radius 3 is 2.90 bits per heavy atom. The number of nitrogens with zero attached hydrogens (tertiary/aromatic N) is 3. The molecule has 102 valence electrons. The van der Waals surface area contributed by atoms with Crippen molar-refractivity contribution in [1.29, 1.82) is 0 Å². The van der Waals surface area contributed by atoms with Crippen LogP contribution in [0.15, 0.2) is 41.1 Å². The number of aryl methyl sites for hydroxylation is 1. The molecule has 6 nitrogen and oxygen atoms in total. The number of carbonyl (C=O) groups is 1. The molecule has 20 heavy (non-hydrogen) atoms. The normalized spacial score (nSPS) is 12.5. The second-order valence-corrected chi connectivity index (χ2v) is 4.47. The van der Waals surface area contributed by atoms with E-state index >= 15 is 0 Å². The first kappa shape index (κ1) is 12.4. The Hall–Kier alpha value is -2.63. The number of carbonyl (C=O) groups excluding carboxylic acids is 1. The fourth-order valence-corrected chi connectivity index (χ4v) is 1.87. The topological polar surface area (TPSA) is 70.2 Å². The highest BCUT2D eigenvalue weighted by atomic mass is 16.6. The fourth-order valence-electron chi connectivity index (χ4n) is 1.87. The summed E-state index contributed by atoms with van der Waals surface area (Å²) >= 11 is 0. The average molecular weight is 271 g/mol. The van der Waals surface area contributed by atoms with Gasteiger partial charge >= 0.3 is 5.97 Å². The van der Waals surface area contributed by atoms with Crippen molar-refractivity contribution in [3.8, 4) is 0 Å². The van der Waals surface area contributed by atoms with Gasteiger partial charge in [-0.25, -0.2) is 9.78 Å². The van der Waals surface area contributed by atoms with Crippen LogP contribution in [0.3, 0.4) is 0 Å². The smallest absolute Gasteiger partial charge is 0.342 e. The van der Waals surface area contributed by atoms with Gasteiger partial charge in [0.25, 0.3) is 0 Å². The third-order valence-corrected chi connectivity index (χ3v) is 2.88. The molecule has 0 spiro atoms. The van der Waals surface area contributed by atoms with E-state index in [-0.39, 0.29) is 0 Å². The zero-order valence-electron chi connectivity index (χ0n) is 11.1. The molecule has 1 aromatic carbocycles. The Labute approximate surface area is 115 Å². The number of hydrogen-bond acceptors (Lipinski definition) is 5. The van der Waals surface area contributed by atoms with Crippen molar-refractivity contribution in [2.45, 2.75) is 13.0 Å². The van der Waals surface area contributed by atoms with Crippen LogP contribution in [-0.2, 0) is 11.8 Å². The first-order valence-electron chi connectivity index (χ1n) is 6.18. The highest BCUT2D eigenvalue weighted by Gasteiger charge is 2.19. The van der Waals surface area contributed by atoms with Gasteiger partial charge in [-0.15, -0.1) is 0 Å². The lowest BCUT2D eigenvalue weighted by atomic mass is 10.3. The lowest BCUT2D eigenvalue weighted by Crippen LogP contribution is -2.08. The van der Waals surface area contributed by atoms with Crippen LogP contribution in [0.2, 0.25) is 0 Å². The van der Waals surface area contributed by atoms with E-state index in [0.29, 0.717) is 17.0 Å². The second kappa shape index (κ2) is 4.80. The summed E-state index contributed by atoms with van der Waals surface area (Å²) in [6.45, 7) is 1.72. The lowest BCUT2D eigenvalue weighted by Gasteiger charge is -2.08. The average Bonchev–Trinajstić information content (AvgIpc) is 3.04. The van der Waals surface area contributed by atoms with Gasteiger partial charge in [-0.05, 0) is 19.1 Å². The number of esters is 1. The van der Waals surface area contributed by atoms with Crippen LogP contribution in [-0.4, -0.2) is 20.7 Å². The minimum atomic E-state index is -0.560. The van der Waals surface area contributed by atoms with Gasteiger partial charge in [0.15, 0.2) is 11.7 Å². The van der Waals surface area contributed by atoms with Crippen LogP contribution in [0, 0.1) is 0 Å². The minimum absolute atomic E-state index is 0.378. The summed E-state index contributed by atoms with van der Waals surface area (Å²) in [5, 5.41) is 3.93. The second-order valence-electron chi connectivity index (χ2n) is 4.47. The van der Waals surface area contributed by atoms with E-state index in [4.69, 9.17) is 9.15 Å². The predicted molar refractivity (Wildman–Crippen MR) is 71.0 cm³/mol. The third-order valence-electron chi connectivity index (χ3n) is 2.88. The summed E-state index contributed by atoms with van der Waals surface area (Å²) in [6.07, 6.45) is 2.50. The van der Waals surface area contributed by atoms with Gasteiger partial charge in [-0.1, -0.05) is 12.1 Å². The number of benzene rings is 1. The van der Waals surface area contributed by atoms with Crippen molar-refractivity contribution in [2.75, 3.05) is 0 Å². The highest BCUT2D eigenvalue weighted by Crippen LogP contribution is 2.22. The van der Waals surface area contributed by atoms with Gasteiger partial charge in [-0.2, -0.15) is 5.10 Å². The highest BCUT2D eigenvalue weighted by molar-refractivity contribution is 5.88. The molecule has 0 bridgehead atoms. The molecule has 6 heteroatoms. The van der Waals surface area contributed by atoms with Crippen LogP contribution >= 0.6 is 0 Å². The molecule has 0 aliphatic carbocycles. The molecule has 1 atom stereocenters. The van der Waals surface area contributed by atoms with Gasteiger partial charge in [0.2, 0.25) is 5.89 Å². The molecule has 2 heterocycles. The van der Waals surface area contributed by atoms with Crippen molar-refractivity contribution in [3.05, 3.63) is 48.1 Å². The molecule has 0 unspecified atom stereocenters. The summed E-state index contributed by atoms with van der Waals surface area (Å²) < 4.78 is 12.4. The van der Waals surface area contributed by atoms with E-state index in [1.165, 1.54) is 6.20 Å². The maximum absolute atomic E-state index is 11.9. The molecular formula is C14H13N3O3. The maximum atomic E-state index is 11.9. The van der Waals surface area contributed by atoms with E-state index in [1.807, 2.05) is 24.3 Å². The maximum Gasteiger partial charge on any atom is 0.342 e. The summed E-state index contributed by atoms with van der Waals surface area (Å²) in [5.41, 5.74) is 1.81. The molecule has 0 N–H and O–H groups in total. The number of rotatable bonds is 3. The molecular weight excluding hydrogens is 258 g/mol. The van der Waals surface area contributed by atoms with Crippen LogP contribution < -0.4 is 0 Å².